The molecule has 0 aromatic carbocycles. The lowest BCUT2D eigenvalue weighted by molar-refractivity contribution is 0.217. The number of nitrogens with zero attached hydrogens (tertiary/aromatic N) is 7. The molecule has 0 aliphatic heterocycles. The predicted molar refractivity (Wildman–Crippen MR) is 193 cm³/mol. The van der Waals surface area contributed by atoms with Crippen LogP contribution in [0.25, 0.3) is 0 Å². The number of pyridine rings is 3. The topological polar surface area (TPSA) is 90.2 Å². The standard InChI is InChI=1S/C41H51N7/c1-37(2,36-46-23-11-24-47-36)17-18-40(6,32-14-25-42-26-15-32)30-41(7,35-16-27-44-31-48-35)20-19-39(5,33-12-10-21-43-28-33)29-38(3,4)34-13-8-9-22-45-34/h8-16,21-28,31H,17-20,29-30H2,1-7H3. The van der Waals surface area contributed by atoms with Gasteiger partial charge in [0.15, 0.2) is 0 Å². The molecule has 0 amide bonds. The van der Waals surface area contributed by atoms with Crippen molar-refractivity contribution in [3.8, 4) is 0 Å². The molecule has 5 aromatic rings. The van der Waals surface area contributed by atoms with E-state index in [9.17, 15) is 0 Å². The van der Waals surface area contributed by atoms with Crippen molar-refractivity contribution in [2.75, 3.05) is 0 Å². The predicted octanol–water partition coefficient (Wildman–Crippen LogP) is 8.92. The van der Waals surface area contributed by atoms with Crippen molar-refractivity contribution in [3.63, 3.8) is 0 Å². The Morgan fingerprint density at radius 3 is 1.75 bits per heavy atom. The Bertz CT molecular complexity index is 1700. The first-order chi connectivity index (χ1) is 22.9. The summed E-state index contributed by atoms with van der Waals surface area (Å²) in [6, 6.07) is 18.9. The third-order valence-electron chi connectivity index (χ3n) is 10.6. The van der Waals surface area contributed by atoms with Gasteiger partial charge in [-0.1, -0.05) is 60.6 Å². The van der Waals surface area contributed by atoms with Crippen LogP contribution < -0.4 is 0 Å². The summed E-state index contributed by atoms with van der Waals surface area (Å²) in [7, 11) is 0. The highest BCUT2D eigenvalue weighted by molar-refractivity contribution is 5.29. The molecule has 0 N–H and O–H groups in total. The second-order valence-electron chi connectivity index (χ2n) is 15.7. The molecule has 250 valence electrons. The first-order valence-corrected chi connectivity index (χ1v) is 17.1. The molecule has 0 radical (unpaired) electrons. The molecule has 0 spiro atoms. The molecule has 7 heteroatoms. The maximum absolute atomic E-state index is 4.91. The number of hydrogen-bond donors (Lipinski definition) is 0. The van der Waals surface area contributed by atoms with Gasteiger partial charge in [0.1, 0.15) is 12.2 Å². The van der Waals surface area contributed by atoms with Gasteiger partial charge in [0.25, 0.3) is 0 Å². The van der Waals surface area contributed by atoms with Crippen molar-refractivity contribution >= 4 is 0 Å². The fraction of sp³-hybridized carbons (Fsp3) is 0.439. The van der Waals surface area contributed by atoms with Gasteiger partial charge in [-0.25, -0.2) is 19.9 Å². The van der Waals surface area contributed by atoms with Crippen LogP contribution in [-0.2, 0) is 27.1 Å². The van der Waals surface area contributed by atoms with Gasteiger partial charge in [-0.15, -0.1) is 0 Å². The van der Waals surface area contributed by atoms with Gasteiger partial charge in [-0.05, 0) is 103 Å². The molecule has 0 bridgehead atoms. The Hall–Kier alpha value is -4.39. The Labute approximate surface area is 287 Å². The summed E-state index contributed by atoms with van der Waals surface area (Å²) in [6.07, 6.45) is 22.5. The van der Waals surface area contributed by atoms with Crippen LogP contribution in [0, 0.1) is 0 Å². The SMILES string of the molecule is CC(C)(CC(C)(CCC(C)(CC(C)(CCC(C)(C)c1ncccn1)c1ccncc1)c1ccncn1)c1cccnc1)c1ccccn1. The fourth-order valence-corrected chi connectivity index (χ4v) is 7.69. The first kappa shape index (κ1) is 34.9. The Balaban J connectivity index is 1.51. The second-order valence-corrected chi connectivity index (χ2v) is 15.7. The Morgan fingerprint density at radius 2 is 1.10 bits per heavy atom. The normalized spacial score (nSPS) is 16.0. The van der Waals surface area contributed by atoms with Crippen molar-refractivity contribution in [3.05, 3.63) is 139 Å². The van der Waals surface area contributed by atoms with Gasteiger partial charge in [0.2, 0.25) is 0 Å². The summed E-state index contributed by atoms with van der Waals surface area (Å²) < 4.78 is 0. The van der Waals surface area contributed by atoms with Crippen molar-refractivity contribution in [2.24, 2.45) is 0 Å². The summed E-state index contributed by atoms with van der Waals surface area (Å²) in [4.78, 5) is 32.2. The van der Waals surface area contributed by atoms with E-state index in [4.69, 9.17) is 9.97 Å². The maximum atomic E-state index is 4.91. The van der Waals surface area contributed by atoms with E-state index >= 15 is 0 Å². The third kappa shape index (κ3) is 8.18. The van der Waals surface area contributed by atoms with Crippen molar-refractivity contribution < 1.29 is 0 Å². The van der Waals surface area contributed by atoms with Crippen LogP contribution in [-0.4, -0.2) is 34.9 Å². The monoisotopic (exact) mass is 641 g/mol. The maximum Gasteiger partial charge on any atom is 0.133 e. The lowest BCUT2D eigenvalue weighted by atomic mass is 9.60. The number of aromatic nitrogens is 7. The smallest absolute Gasteiger partial charge is 0.133 e. The molecule has 0 saturated carbocycles. The highest BCUT2D eigenvalue weighted by atomic mass is 14.9. The fourth-order valence-electron chi connectivity index (χ4n) is 7.69. The van der Waals surface area contributed by atoms with E-state index in [1.807, 2.05) is 61.7 Å². The largest absolute Gasteiger partial charge is 0.265 e. The van der Waals surface area contributed by atoms with Gasteiger partial charge >= 0.3 is 0 Å². The van der Waals surface area contributed by atoms with Crippen molar-refractivity contribution in [2.45, 2.75) is 114 Å². The van der Waals surface area contributed by atoms with Gasteiger partial charge < -0.3 is 0 Å². The van der Waals surface area contributed by atoms with Crippen molar-refractivity contribution in [1.82, 2.24) is 34.9 Å². The molecule has 5 aromatic heterocycles. The highest BCUT2D eigenvalue weighted by Gasteiger charge is 2.43. The average molecular weight is 642 g/mol. The Kier molecular flexibility index (Phi) is 10.5. The van der Waals surface area contributed by atoms with Crippen LogP contribution in [0.5, 0.6) is 0 Å². The summed E-state index contributed by atoms with van der Waals surface area (Å²) in [5.41, 5.74) is 3.79. The lowest BCUT2D eigenvalue weighted by Gasteiger charge is -2.44. The lowest BCUT2D eigenvalue weighted by Crippen LogP contribution is -2.39. The van der Waals surface area contributed by atoms with Crippen LogP contribution in [0.1, 0.15) is 115 Å². The van der Waals surface area contributed by atoms with E-state index < -0.39 is 0 Å². The molecule has 0 aliphatic rings. The molecule has 0 saturated heterocycles. The van der Waals surface area contributed by atoms with Crippen molar-refractivity contribution in [1.29, 1.82) is 0 Å². The van der Waals surface area contributed by atoms with Crippen LogP contribution in [0.4, 0.5) is 0 Å². The second kappa shape index (κ2) is 14.4. The molecule has 3 unspecified atom stereocenters. The molecule has 5 rings (SSSR count). The van der Waals surface area contributed by atoms with Crippen LogP contribution in [0.3, 0.4) is 0 Å². The molecule has 3 atom stereocenters. The Morgan fingerprint density at radius 1 is 0.438 bits per heavy atom. The van der Waals surface area contributed by atoms with Gasteiger partial charge in [-0.2, -0.15) is 0 Å². The van der Waals surface area contributed by atoms with E-state index in [0.29, 0.717) is 0 Å². The molecular weight excluding hydrogens is 591 g/mol. The molecule has 5 heterocycles. The third-order valence-corrected chi connectivity index (χ3v) is 10.6. The zero-order valence-corrected chi connectivity index (χ0v) is 29.8. The van der Waals surface area contributed by atoms with E-state index in [0.717, 1.165) is 55.7 Å². The number of hydrogen-bond acceptors (Lipinski definition) is 7. The molecule has 0 fully saturated rings. The quantitative estimate of drug-likeness (QED) is 0.113. The molecule has 48 heavy (non-hydrogen) atoms. The molecule has 0 aliphatic carbocycles. The summed E-state index contributed by atoms with van der Waals surface area (Å²) >= 11 is 0. The summed E-state index contributed by atoms with van der Waals surface area (Å²) in [5.74, 6) is 0.878. The molecular formula is C41H51N7. The number of rotatable bonds is 15. The highest BCUT2D eigenvalue weighted by Crippen LogP contribution is 2.49. The van der Waals surface area contributed by atoms with E-state index in [2.05, 4.69) is 116 Å². The summed E-state index contributed by atoms with van der Waals surface area (Å²) in [6.45, 7) is 16.3. The van der Waals surface area contributed by atoms with E-state index in [-0.39, 0.29) is 27.1 Å². The van der Waals surface area contributed by atoms with Gasteiger partial charge in [-0.3, -0.25) is 15.0 Å². The van der Waals surface area contributed by atoms with E-state index in [1.165, 1.54) is 11.1 Å². The molecule has 7 nitrogen and oxygen atoms in total. The summed E-state index contributed by atoms with van der Waals surface area (Å²) in [5, 5.41) is 0. The van der Waals surface area contributed by atoms with Gasteiger partial charge in [0, 0.05) is 77.2 Å². The average Bonchev–Trinajstić information content (AvgIpc) is 3.12. The van der Waals surface area contributed by atoms with Crippen LogP contribution in [0.15, 0.2) is 110 Å². The van der Waals surface area contributed by atoms with Gasteiger partial charge in [0.05, 0.1) is 0 Å². The van der Waals surface area contributed by atoms with E-state index in [1.54, 1.807) is 6.33 Å². The van der Waals surface area contributed by atoms with Crippen LogP contribution in [0.2, 0.25) is 0 Å². The zero-order chi connectivity index (χ0) is 34.3. The zero-order valence-electron chi connectivity index (χ0n) is 29.8. The first-order valence-electron chi connectivity index (χ1n) is 17.1. The minimum atomic E-state index is -0.257. The minimum absolute atomic E-state index is 0.145. The van der Waals surface area contributed by atoms with Crippen LogP contribution >= 0.6 is 0 Å². The minimum Gasteiger partial charge on any atom is -0.265 e.